The van der Waals surface area contributed by atoms with Gasteiger partial charge in [0.15, 0.2) is 0 Å². The van der Waals surface area contributed by atoms with Crippen molar-refractivity contribution in [2.45, 2.75) is 0 Å². The number of benzene rings is 2. The molecule has 2 N–H and O–H groups in total. The standard InChI is InChI=1S/C17H13N3O3/c21-16-11-10-15(19-20-16)12-6-8-13(9-7-12)18-17(22)23-14-4-2-1-3-5-14/h1-11H,(H,18,22)(H,20,21). The van der Waals surface area contributed by atoms with Crippen molar-refractivity contribution in [3.05, 3.63) is 77.1 Å². The first-order valence-electron chi connectivity index (χ1n) is 6.91. The Bertz CT molecular complexity index is 838. The van der Waals surface area contributed by atoms with E-state index in [1.807, 2.05) is 6.07 Å². The number of para-hydroxylation sites is 1. The molecule has 0 unspecified atom stereocenters. The summed E-state index contributed by atoms with van der Waals surface area (Å²) < 4.78 is 5.14. The van der Waals surface area contributed by atoms with Crippen LogP contribution in [-0.4, -0.2) is 16.3 Å². The van der Waals surface area contributed by atoms with Gasteiger partial charge in [-0.1, -0.05) is 30.3 Å². The molecule has 0 aliphatic carbocycles. The van der Waals surface area contributed by atoms with Gasteiger partial charge >= 0.3 is 6.09 Å². The van der Waals surface area contributed by atoms with Crippen LogP contribution in [0.2, 0.25) is 0 Å². The van der Waals surface area contributed by atoms with Crippen LogP contribution in [-0.2, 0) is 0 Å². The number of aromatic amines is 1. The lowest BCUT2D eigenvalue weighted by atomic mass is 10.1. The fraction of sp³-hybridized carbons (Fsp3) is 0. The Balaban J connectivity index is 1.66. The highest BCUT2D eigenvalue weighted by Gasteiger charge is 2.05. The van der Waals surface area contributed by atoms with E-state index >= 15 is 0 Å². The molecule has 0 aliphatic heterocycles. The smallest absolute Gasteiger partial charge is 0.410 e. The van der Waals surface area contributed by atoms with Crippen LogP contribution in [0.25, 0.3) is 11.3 Å². The summed E-state index contributed by atoms with van der Waals surface area (Å²) in [5, 5.41) is 8.96. The Morgan fingerprint density at radius 2 is 1.70 bits per heavy atom. The molecule has 2 aromatic carbocycles. The molecule has 6 nitrogen and oxygen atoms in total. The number of anilines is 1. The van der Waals surface area contributed by atoms with Gasteiger partial charge in [-0.15, -0.1) is 0 Å². The van der Waals surface area contributed by atoms with Crippen LogP contribution < -0.4 is 15.6 Å². The van der Waals surface area contributed by atoms with E-state index < -0.39 is 6.09 Å². The van der Waals surface area contributed by atoms with Crippen molar-refractivity contribution in [2.75, 3.05) is 5.32 Å². The Labute approximate surface area is 131 Å². The van der Waals surface area contributed by atoms with E-state index in [0.717, 1.165) is 5.56 Å². The summed E-state index contributed by atoms with van der Waals surface area (Å²) in [6, 6.07) is 18.9. The normalized spacial score (nSPS) is 10.1. The zero-order valence-electron chi connectivity index (χ0n) is 12.0. The minimum atomic E-state index is -0.564. The molecule has 1 heterocycles. The molecule has 0 bridgehead atoms. The molecular formula is C17H13N3O3. The average Bonchev–Trinajstić information content (AvgIpc) is 2.57. The van der Waals surface area contributed by atoms with E-state index in [9.17, 15) is 9.59 Å². The van der Waals surface area contributed by atoms with E-state index in [1.165, 1.54) is 6.07 Å². The van der Waals surface area contributed by atoms with E-state index in [-0.39, 0.29) is 5.56 Å². The SMILES string of the molecule is O=C(Nc1ccc(-c2ccc(=O)[nH]n2)cc1)Oc1ccccc1. The number of aromatic nitrogens is 2. The number of hydrogen-bond donors (Lipinski definition) is 2. The topological polar surface area (TPSA) is 84.1 Å². The van der Waals surface area contributed by atoms with E-state index in [1.54, 1.807) is 54.6 Å². The van der Waals surface area contributed by atoms with Crippen molar-refractivity contribution in [3.8, 4) is 17.0 Å². The Morgan fingerprint density at radius 1 is 0.957 bits per heavy atom. The van der Waals surface area contributed by atoms with Gasteiger partial charge in [0, 0.05) is 17.3 Å². The van der Waals surface area contributed by atoms with Gasteiger partial charge in [-0.05, 0) is 30.3 Å². The molecule has 0 saturated carbocycles. The van der Waals surface area contributed by atoms with Crippen LogP contribution in [0.4, 0.5) is 10.5 Å². The third-order valence-corrected chi connectivity index (χ3v) is 3.06. The molecule has 0 radical (unpaired) electrons. The lowest BCUT2D eigenvalue weighted by Crippen LogP contribution is -2.16. The molecule has 23 heavy (non-hydrogen) atoms. The van der Waals surface area contributed by atoms with Crippen LogP contribution in [0.3, 0.4) is 0 Å². The minimum absolute atomic E-state index is 0.254. The summed E-state index contributed by atoms with van der Waals surface area (Å²) in [5.41, 5.74) is 1.81. The molecule has 0 spiro atoms. The summed E-state index contributed by atoms with van der Waals surface area (Å²) in [5.74, 6) is 0.471. The van der Waals surface area contributed by atoms with E-state index in [2.05, 4.69) is 15.5 Å². The van der Waals surface area contributed by atoms with Gasteiger partial charge in [0.25, 0.3) is 5.56 Å². The van der Waals surface area contributed by atoms with Crippen molar-refractivity contribution >= 4 is 11.8 Å². The van der Waals surface area contributed by atoms with Gasteiger partial charge in [0.05, 0.1) is 5.69 Å². The number of carbonyl (C=O) groups is 1. The number of nitrogens with zero attached hydrogens (tertiary/aromatic N) is 1. The molecule has 0 atom stereocenters. The molecule has 1 aromatic heterocycles. The summed E-state index contributed by atoms with van der Waals surface area (Å²) in [4.78, 5) is 22.8. The van der Waals surface area contributed by atoms with Crippen LogP contribution in [0, 0.1) is 0 Å². The number of carbonyl (C=O) groups excluding carboxylic acids is 1. The number of rotatable bonds is 3. The summed E-state index contributed by atoms with van der Waals surface area (Å²) >= 11 is 0. The van der Waals surface area contributed by atoms with Crippen molar-refractivity contribution in [1.82, 2.24) is 10.2 Å². The second-order valence-electron chi connectivity index (χ2n) is 4.71. The van der Waals surface area contributed by atoms with Crippen LogP contribution >= 0.6 is 0 Å². The Morgan fingerprint density at radius 3 is 2.35 bits per heavy atom. The third-order valence-electron chi connectivity index (χ3n) is 3.06. The maximum Gasteiger partial charge on any atom is 0.417 e. The minimum Gasteiger partial charge on any atom is -0.410 e. The summed E-state index contributed by atoms with van der Waals surface area (Å²) in [6.45, 7) is 0. The first-order valence-corrected chi connectivity index (χ1v) is 6.91. The first kappa shape index (κ1) is 14.5. The molecule has 3 rings (SSSR count). The van der Waals surface area contributed by atoms with Gasteiger partial charge in [-0.25, -0.2) is 9.89 Å². The molecular weight excluding hydrogens is 294 g/mol. The van der Waals surface area contributed by atoms with Gasteiger partial charge in [-0.2, -0.15) is 5.10 Å². The number of hydrogen-bond acceptors (Lipinski definition) is 4. The summed E-state index contributed by atoms with van der Waals surface area (Å²) in [7, 11) is 0. The maximum atomic E-state index is 11.8. The molecule has 114 valence electrons. The highest BCUT2D eigenvalue weighted by Crippen LogP contribution is 2.18. The Kier molecular flexibility index (Phi) is 4.15. The van der Waals surface area contributed by atoms with Crippen molar-refractivity contribution in [1.29, 1.82) is 0 Å². The van der Waals surface area contributed by atoms with Gasteiger partial charge in [0.1, 0.15) is 5.75 Å². The quantitative estimate of drug-likeness (QED) is 0.779. The molecule has 6 heteroatoms. The second kappa shape index (κ2) is 6.57. The van der Waals surface area contributed by atoms with Crippen LogP contribution in [0.15, 0.2) is 71.5 Å². The number of nitrogens with one attached hydrogen (secondary N) is 2. The van der Waals surface area contributed by atoms with Crippen LogP contribution in [0.5, 0.6) is 5.75 Å². The van der Waals surface area contributed by atoms with Crippen molar-refractivity contribution < 1.29 is 9.53 Å². The van der Waals surface area contributed by atoms with E-state index in [0.29, 0.717) is 17.1 Å². The Hall–Kier alpha value is -3.41. The van der Waals surface area contributed by atoms with Crippen LogP contribution in [0.1, 0.15) is 0 Å². The van der Waals surface area contributed by atoms with Gasteiger partial charge < -0.3 is 4.74 Å². The van der Waals surface area contributed by atoms with Gasteiger partial charge in [0.2, 0.25) is 0 Å². The average molecular weight is 307 g/mol. The zero-order chi connectivity index (χ0) is 16.1. The van der Waals surface area contributed by atoms with Gasteiger partial charge in [-0.3, -0.25) is 10.1 Å². The molecule has 0 fully saturated rings. The molecule has 1 amide bonds. The monoisotopic (exact) mass is 307 g/mol. The second-order valence-corrected chi connectivity index (χ2v) is 4.71. The lowest BCUT2D eigenvalue weighted by Gasteiger charge is -2.07. The third kappa shape index (κ3) is 3.82. The molecule has 3 aromatic rings. The van der Waals surface area contributed by atoms with Crippen molar-refractivity contribution in [2.24, 2.45) is 0 Å². The largest absolute Gasteiger partial charge is 0.417 e. The zero-order valence-corrected chi connectivity index (χ0v) is 12.0. The predicted molar refractivity (Wildman–Crippen MR) is 86.4 cm³/mol. The number of ether oxygens (including phenoxy) is 1. The fourth-order valence-electron chi connectivity index (χ4n) is 1.97. The highest BCUT2D eigenvalue weighted by molar-refractivity contribution is 5.86. The van der Waals surface area contributed by atoms with Crippen molar-refractivity contribution in [3.63, 3.8) is 0 Å². The summed E-state index contributed by atoms with van der Waals surface area (Å²) in [6.07, 6.45) is -0.564. The molecule has 0 saturated heterocycles. The van der Waals surface area contributed by atoms with E-state index in [4.69, 9.17) is 4.74 Å². The first-order chi connectivity index (χ1) is 11.2. The number of H-pyrrole nitrogens is 1. The maximum absolute atomic E-state index is 11.8. The number of amides is 1. The molecule has 0 aliphatic rings. The fourth-order valence-corrected chi connectivity index (χ4v) is 1.97. The lowest BCUT2D eigenvalue weighted by molar-refractivity contribution is 0.215. The highest BCUT2D eigenvalue weighted by atomic mass is 16.6. The predicted octanol–water partition coefficient (Wildman–Crippen LogP) is 3.05.